The lowest BCUT2D eigenvalue weighted by Gasteiger charge is -2.18. The van der Waals surface area contributed by atoms with Crippen LogP contribution >= 0.6 is 0 Å². The molecular formula is C14H28N4O2. The van der Waals surface area contributed by atoms with Crippen molar-refractivity contribution in [2.75, 3.05) is 13.6 Å². The number of amides is 1. The summed E-state index contributed by atoms with van der Waals surface area (Å²) in [6.07, 6.45) is 2.94. The van der Waals surface area contributed by atoms with Crippen LogP contribution in [0.5, 0.6) is 0 Å². The maximum absolute atomic E-state index is 11.9. The average molecular weight is 284 g/mol. The van der Waals surface area contributed by atoms with Crippen LogP contribution in [0.15, 0.2) is 4.99 Å². The van der Waals surface area contributed by atoms with Gasteiger partial charge in [-0.2, -0.15) is 0 Å². The highest BCUT2D eigenvalue weighted by Gasteiger charge is 2.17. The normalized spacial score (nSPS) is 14.8. The van der Waals surface area contributed by atoms with Crippen molar-refractivity contribution in [3.63, 3.8) is 0 Å². The fourth-order valence-electron chi connectivity index (χ4n) is 1.93. The van der Waals surface area contributed by atoms with E-state index in [4.69, 9.17) is 5.73 Å². The smallest absolute Gasteiger partial charge is 0.223 e. The number of guanidine groups is 1. The molecule has 0 aromatic rings. The number of hydrogen-bond acceptors (Lipinski definition) is 3. The molecule has 0 rings (SSSR count). The fourth-order valence-corrected chi connectivity index (χ4v) is 1.93. The van der Waals surface area contributed by atoms with Crippen LogP contribution < -0.4 is 16.4 Å². The molecule has 0 aliphatic heterocycles. The first-order valence-corrected chi connectivity index (χ1v) is 7.12. The van der Waals surface area contributed by atoms with Gasteiger partial charge in [0.25, 0.3) is 0 Å². The summed E-state index contributed by atoms with van der Waals surface area (Å²) in [5.41, 5.74) is 5.49. The number of nitrogens with one attached hydrogen (secondary N) is 2. The van der Waals surface area contributed by atoms with Crippen molar-refractivity contribution in [3.8, 4) is 0 Å². The Labute approximate surface area is 121 Å². The Kier molecular flexibility index (Phi) is 9.41. The molecule has 2 atom stereocenters. The Morgan fingerprint density at radius 2 is 2.00 bits per heavy atom. The van der Waals surface area contributed by atoms with Gasteiger partial charge in [-0.3, -0.25) is 9.79 Å². The molecule has 0 spiro atoms. The number of nitrogens with two attached hydrogens (primary N) is 1. The minimum Gasteiger partial charge on any atom is -0.370 e. The molecule has 0 unspecified atom stereocenters. The number of carbonyl (C=O) groups excluding carboxylic acids is 2. The highest BCUT2D eigenvalue weighted by Crippen LogP contribution is 2.11. The molecular weight excluding hydrogens is 256 g/mol. The number of nitrogens with zero attached hydrogens (tertiary/aromatic N) is 1. The molecule has 0 radical (unpaired) electrons. The first kappa shape index (κ1) is 18.4. The van der Waals surface area contributed by atoms with Gasteiger partial charge in [0.15, 0.2) is 5.96 Å². The van der Waals surface area contributed by atoms with E-state index in [0.29, 0.717) is 24.8 Å². The van der Waals surface area contributed by atoms with E-state index in [1.165, 1.54) is 0 Å². The lowest BCUT2D eigenvalue weighted by atomic mass is 9.98. The second kappa shape index (κ2) is 10.2. The van der Waals surface area contributed by atoms with Crippen LogP contribution in [0.4, 0.5) is 0 Å². The van der Waals surface area contributed by atoms with Gasteiger partial charge in [-0.1, -0.05) is 20.8 Å². The van der Waals surface area contributed by atoms with Crippen LogP contribution in [0.3, 0.4) is 0 Å². The van der Waals surface area contributed by atoms with Gasteiger partial charge in [0, 0.05) is 19.5 Å². The predicted molar refractivity (Wildman–Crippen MR) is 81.4 cm³/mol. The second-order valence-corrected chi connectivity index (χ2v) is 5.46. The van der Waals surface area contributed by atoms with E-state index in [1.807, 2.05) is 6.92 Å². The molecule has 6 heteroatoms. The quantitative estimate of drug-likeness (QED) is 0.251. The van der Waals surface area contributed by atoms with Crippen molar-refractivity contribution >= 4 is 18.2 Å². The third-order valence-electron chi connectivity index (χ3n) is 3.00. The molecule has 0 saturated heterocycles. The van der Waals surface area contributed by atoms with Gasteiger partial charge in [0.05, 0.1) is 6.04 Å². The first-order chi connectivity index (χ1) is 9.40. The minimum absolute atomic E-state index is 0.0570. The summed E-state index contributed by atoms with van der Waals surface area (Å²) >= 11 is 0. The zero-order valence-electron chi connectivity index (χ0n) is 13.0. The first-order valence-electron chi connectivity index (χ1n) is 7.12. The molecule has 0 saturated carbocycles. The maximum Gasteiger partial charge on any atom is 0.223 e. The highest BCUT2D eigenvalue weighted by atomic mass is 16.2. The van der Waals surface area contributed by atoms with Gasteiger partial charge in [0.1, 0.15) is 6.29 Å². The minimum atomic E-state index is -0.432. The van der Waals surface area contributed by atoms with Gasteiger partial charge in [-0.25, -0.2) is 0 Å². The summed E-state index contributed by atoms with van der Waals surface area (Å²) in [5.74, 6) is 0.713. The molecule has 0 bridgehead atoms. The van der Waals surface area contributed by atoms with E-state index in [-0.39, 0.29) is 11.8 Å². The SMILES string of the molecule is CN=C(N)NCCC[C@@H](C=O)NC(=O)[C@@H](C)CC(C)C. The van der Waals surface area contributed by atoms with E-state index in [9.17, 15) is 9.59 Å². The third-order valence-corrected chi connectivity index (χ3v) is 3.00. The van der Waals surface area contributed by atoms with E-state index in [1.54, 1.807) is 7.05 Å². The Bertz CT molecular complexity index is 329. The number of hydrogen-bond donors (Lipinski definition) is 3. The van der Waals surface area contributed by atoms with Crippen LogP contribution in [-0.2, 0) is 9.59 Å². The molecule has 0 heterocycles. The summed E-state index contributed by atoms with van der Waals surface area (Å²) < 4.78 is 0. The number of carbonyl (C=O) groups is 2. The highest BCUT2D eigenvalue weighted by molar-refractivity contribution is 5.81. The number of rotatable bonds is 9. The van der Waals surface area contributed by atoms with E-state index < -0.39 is 6.04 Å². The lowest BCUT2D eigenvalue weighted by molar-refractivity contribution is -0.127. The molecule has 1 amide bonds. The molecule has 0 fully saturated rings. The van der Waals surface area contributed by atoms with Crippen LogP contribution in [0.1, 0.15) is 40.0 Å². The molecule has 116 valence electrons. The Morgan fingerprint density at radius 3 is 2.50 bits per heavy atom. The zero-order chi connectivity index (χ0) is 15.5. The van der Waals surface area contributed by atoms with Gasteiger partial charge >= 0.3 is 0 Å². The Hall–Kier alpha value is -1.59. The van der Waals surface area contributed by atoms with Gasteiger partial charge < -0.3 is 21.2 Å². The number of aldehydes is 1. The van der Waals surface area contributed by atoms with Crippen LogP contribution in [-0.4, -0.2) is 37.8 Å². The van der Waals surface area contributed by atoms with Gasteiger partial charge in [0.2, 0.25) is 5.91 Å². The zero-order valence-corrected chi connectivity index (χ0v) is 13.0. The van der Waals surface area contributed by atoms with E-state index in [2.05, 4.69) is 29.5 Å². The molecule has 0 aromatic carbocycles. The van der Waals surface area contributed by atoms with Crippen molar-refractivity contribution in [1.82, 2.24) is 10.6 Å². The number of aliphatic imine (C=N–C) groups is 1. The van der Waals surface area contributed by atoms with Crippen molar-refractivity contribution < 1.29 is 9.59 Å². The monoisotopic (exact) mass is 284 g/mol. The van der Waals surface area contributed by atoms with Crippen molar-refractivity contribution in [3.05, 3.63) is 0 Å². The standard InChI is InChI=1S/C14H28N4O2/c1-10(2)8-11(3)13(20)18-12(9-19)6-5-7-17-14(15)16-4/h9-12H,5-8H2,1-4H3,(H,18,20)(H3,15,16,17)/t11-,12-/m0/s1. The second-order valence-electron chi connectivity index (χ2n) is 5.46. The third kappa shape index (κ3) is 8.50. The van der Waals surface area contributed by atoms with Crippen LogP contribution in [0, 0.1) is 11.8 Å². The average Bonchev–Trinajstić information content (AvgIpc) is 2.40. The summed E-state index contributed by atoms with van der Waals surface area (Å²) in [4.78, 5) is 26.7. The summed E-state index contributed by atoms with van der Waals surface area (Å²) in [6, 6.07) is -0.432. The van der Waals surface area contributed by atoms with E-state index in [0.717, 1.165) is 19.1 Å². The Morgan fingerprint density at radius 1 is 1.35 bits per heavy atom. The Balaban J connectivity index is 4.02. The largest absolute Gasteiger partial charge is 0.370 e. The van der Waals surface area contributed by atoms with Gasteiger partial charge in [-0.05, 0) is 25.2 Å². The lowest BCUT2D eigenvalue weighted by Crippen LogP contribution is -2.40. The summed E-state index contributed by atoms with van der Waals surface area (Å²) in [7, 11) is 1.60. The summed E-state index contributed by atoms with van der Waals surface area (Å²) in [5, 5.41) is 5.69. The van der Waals surface area contributed by atoms with Gasteiger partial charge in [-0.15, -0.1) is 0 Å². The van der Waals surface area contributed by atoms with Crippen LogP contribution in [0.25, 0.3) is 0 Å². The van der Waals surface area contributed by atoms with Crippen molar-refractivity contribution in [1.29, 1.82) is 0 Å². The van der Waals surface area contributed by atoms with E-state index >= 15 is 0 Å². The fraction of sp³-hybridized carbons (Fsp3) is 0.786. The summed E-state index contributed by atoms with van der Waals surface area (Å²) in [6.45, 7) is 6.67. The molecule has 0 aromatic heterocycles. The molecule has 4 N–H and O–H groups in total. The van der Waals surface area contributed by atoms with Crippen molar-refractivity contribution in [2.24, 2.45) is 22.6 Å². The maximum atomic E-state index is 11.9. The van der Waals surface area contributed by atoms with Crippen molar-refractivity contribution in [2.45, 2.75) is 46.1 Å². The molecule has 20 heavy (non-hydrogen) atoms. The van der Waals surface area contributed by atoms with Crippen LogP contribution in [0.2, 0.25) is 0 Å². The predicted octanol–water partition coefficient (Wildman–Crippen LogP) is 0.667. The topological polar surface area (TPSA) is 96.6 Å². The molecule has 0 aliphatic rings. The molecule has 0 aliphatic carbocycles. The molecule has 6 nitrogen and oxygen atoms in total.